The van der Waals surface area contributed by atoms with Gasteiger partial charge in [-0.2, -0.15) is 26.3 Å². The van der Waals surface area contributed by atoms with Gasteiger partial charge in [0, 0.05) is 194 Å². The van der Waals surface area contributed by atoms with Crippen molar-refractivity contribution < 1.29 is 83.9 Å². The number of aromatic hydroxyl groups is 2. The summed E-state index contributed by atoms with van der Waals surface area (Å²) >= 11 is 0. The van der Waals surface area contributed by atoms with Crippen LogP contribution in [-0.4, -0.2) is 231 Å². The first-order chi connectivity index (χ1) is 67.1. The molecule has 0 atom stereocenters. The molecule has 0 unspecified atom stereocenters. The molecule has 4 aromatic carbocycles. The monoisotopic (exact) mass is 1900 g/mol. The van der Waals surface area contributed by atoms with Crippen molar-refractivity contribution in [2.45, 2.75) is 59.1 Å². The summed E-state index contributed by atoms with van der Waals surface area (Å²) in [7, 11) is 1.40. The summed E-state index contributed by atoms with van der Waals surface area (Å²) in [4.78, 5) is 129. The van der Waals surface area contributed by atoms with E-state index in [1.807, 2.05) is 34.1 Å². The summed E-state index contributed by atoms with van der Waals surface area (Å²) in [5, 5.41) is 49.0. The predicted molar refractivity (Wildman–Crippen MR) is 495 cm³/mol. The van der Waals surface area contributed by atoms with Crippen molar-refractivity contribution >= 4 is 105 Å². The molecule has 6 amide bonds. The Balaban J connectivity index is 0.000000133. The Kier molecular flexibility index (Phi) is 30.7. The summed E-state index contributed by atoms with van der Waals surface area (Å²) in [5.74, 6) is -2.48. The molecule has 716 valence electrons. The number of methoxy groups -OCH3 is 1. The largest absolute Gasteiger partial charge is 0.504 e. The highest BCUT2D eigenvalue weighted by atomic mass is 19.3. The first kappa shape index (κ1) is 94.9. The van der Waals surface area contributed by atoms with Crippen molar-refractivity contribution in [1.29, 1.82) is 0 Å². The van der Waals surface area contributed by atoms with Gasteiger partial charge in [0.2, 0.25) is 23.8 Å². The van der Waals surface area contributed by atoms with Gasteiger partial charge < -0.3 is 111 Å². The molecule has 40 nitrogen and oxygen atoms in total. The van der Waals surface area contributed by atoms with Gasteiger partial charge >= 0.3 is 25.9 Å². The summed E-state index contributed by atoms with van der Waals surface area (Å²) in [5.41, 5.74) is 11.1. The molecule has 0 spiro atoms. The molecule has 12 N–H and O–H groups in total. The fourth-order valence-electron chi connectivity index (χ4n) is 16.0. The summed E-state index contributed by atoms with van der Waals surface area (Å²) < 4.78 is 109. The number of phenols is 2. The van der Waals surface area contributed by atoms with Crippen LogP contribution >= 0.6 is 0 Å². The number of nitrogens with one attached hydrogen (secondary N) is 10. The number of phenolic OH excluding ortho intramolecular Hbond substituents is 2. The normalized spacial score (nSPS) is 14.8. The molecule has 7 aliphatic rings. The van der Waals surface area contributed by atoms with Gasteiger partial charge in [-0.05, 0) is 130 Å². The van der Waals surface area contributed by atoms with E-state index in [1.54, 1.807) is 97.1 Å². The minimum absolute atomic E-state index is 0.0101. The number of hydrogen-bond donors (Lipinski definition) is 12. The van der Waals surface area contributed by atoms with E-state index in [0.29, 0.717) is 72.0 Å². The number of carbonyl (C=O) groups is 5. The second-order valence-corrected chi connectivity index (χ2v) is 31.5. The van der Waals surface area contributed by atoms with Gasteiger partial charge in [-0.15, -0.1) is 0 Å². The number of hydrogen-bond acceptors (Lipinski definition) is 34. The molecule has 138 heavy (non-hydrogen) atoms. The van der Waals surface area contributed by atoms with Crippen molar-refractivity contribution in [3.05, 3.63) is 246 Å². The Bertz CT molecular complexity index is 6280. The van der Waals surface area contributed by atoms with E-state index in [9.17, 15) is 64.9 Å². The van der Waals surface area contributed by atoms with Crippen LogP contribution in [0.3, 0.4) is 0 Å². The van der Waals surface area contributed by atoms with Crippen molar-refractivity contribution in [3.63, 3.8) is 0 Å². The minimum Gasteiger partial charge on any atom is -0.504 e. The molecule has 15 heterocycles. The van der Waals surface area contributed by atoms with Crippen molar-refractivity contribution in [3.8, 4) is 34.5 Å². The van der Waals surface area contributed by atoms with Crippen LogP contribution in [0.2, 0.25) is 0 Å². The van der Waals surface area contributed by atoms with Crippen LogP contribution in [0.15, 0.2) is 184 Å². The lowest BCUT2D eigenvalue weighted by Gasteiger charge is -2.30. The first-order valence-electron chi connectivity index (χ1n) is 43.5. The number of para-hydroxylation sites is 1. The third kappa shape index (κ3) is 24.1. The van der Waals surface area contributed by atoms with Gasteiger partial charge in [-0.3, -0.25) is 44.4 Å². The standard InChI is InChI=1S/C24H23F4N7O3.C24H25F2N7O3.C22H23N7O3.C21H21FN8O2/c25-22(26)37-19-9-14-12-35(13-15(14)10-20(19)38-23(27)28)24-31-4-1-16(33-24)21(36)32-17-11-30-3-2-18(17)34-7-5-29-6-8-34;1-35-20-10-15-13-33(14-16(15)11-21(20)36-23(25)26)24-29-5-2-17(31-24)22(34)30-18-12-28-4-3-19(18)32-8-6-27-7-9-32;30-19-9-14-12-29(13-15(14)10-20(19)31)22-25-4-1-16(27-22)21(32)26-17-11-24-3-2-18(17)28-7-5-23-6-8-28;22-14-3-1-2-4-15(14)28-21(32)29-20-25-8-5-16(27-20)19(31)26-17-13-24-7-6-18(17)30-11-9-23-10-12-30/h1-4,9-11,22-23,29H,5-8,12-13H2,(H,32,36);2-5,10-12,23,27H,6-9,13-14H2,1H3,(H,30,34);1-4,9-11,23,30-31H,5-8,12-13H2,(H,26,32);1-8,13,23H,9-12H2,(H,26,31)(H2,25,27,28,29,32). The van der Waals surface area contributed by atoms with E-state index in [2.05, 4.69) is 147 Å². The summed E-state index contributed by atoms with van der Waals surface area (Å²) in [6, 6.07) is 27.2. The van der Waals surface area contributed by atoms with E-state index in [0.717, 1.165) is 150 Å². The van der Waals surface area contributed by atoms with Gasteiger partial charge in [-0.25, -0.2) is 49.1 Å². The average molecular weight is 1900 g/mol. The fourth-order valence-corrected chi connectivity index (χ4v) is 16.0. The van der Waals surface area contributed by atoms with Crippen LogP contribution in [0, 0.1) is 5.82 Å². The lowest BCUT2D eigenvalue weighted by Crippen LogP contribution is -2.43. The van der Waals surface area contributed by atoms with Crippen LogP contribution in [0.25, 0.3) is 0 Å². The van der Waals surface area contributed by atoms with Crippen LogP contribution < -0.4 is 106 Å². The number of rotatable bonds is 24. The second kappa shape index (κ2) is 44.7. The Morgan fingerprint density at radius 3 is 0.942 bits per heavy atom. The SMILES string of the molecule is COc1cc2c(cc1OC(F)F)CN(c1nccc(C(=O)Nc3cnccc3N3CCNCC3)n1)C2.O=C(Nc1cnccc1N1CCNCC1)c1ccnc(N2Cc3cc(O)c(O)cc3C2)n1.O=C(Nc1cnccc1N1CCNCC1)c1ccnc(N2Cc3cc(OC(F)F)c(OC(F)F)cc3C2)n1.O=C(Nc1nccc(C(=O)Nc2cnccc2N2CCNCC2)n1)Nc1ccccc1F. The van der Waals surface area contributed by atoms with Crippen molar-refractivity contribution in [1.82, 2.24) is 81.1 Å². The highest BCUT2D eigenvalue weighted by Gasteiger charge is 2.32. The zero-order valence-corrected chi connectivity index (χ0v) is 73.8. The number of fused-ring (bicyclic) bond motifs is 3. The van der Waals surface area contributed by atoms with Gasteiger partial charge in [0.25, 0.3) is 23.6 Å². The summed E-state index contributed by atoms with van der Waals surface area (Å²) in [6.07, 6.45) is 19.0. The molecule has 7 aliphatic heterocycles. The molecule has 47 heteroatoms. The number of benzene rings is 4. The quantitative estimate of drug-likeness (QED) is 0.0198. The number of nitrogens with zero attached hydrogens (tertiary/aromatic N) is 19. The van der Waals surface area contributed by atoms with Crippen LogP contribution in [0.5, 0.6) is 34.5 Å². The maximum atomic E-state index is 13.7. The molecule has 0 bridgehead atoms. The molecule has 0 radical (unpaired) electrons. The molecule has 12 aromatic rings. The smallest absolute Gasteiger partial charge is 0.387 e. The predicted octanol–water partition coefficient (Wildman–Crippen LogP) is 9.70. The summed E-state index contributed by atoms with van der Waals surface area (Å²) in [6.45, 7) is 6.17. The number of carbonyl (C=O) groups excluding carboxylic acids is 5. The topological polar surface area (TPSA) is 460 Å². The van der Waals surface area contributed by atoms with Crippen LogP contribution in [0.1, 0.15) is 75.3 Å². The van der Waals surface area contributed by atoms with Gasteiger partial charge in [0.15, 0.2) is 34.5 Å². The highest BCUT2D eigenvalue weighted by Crippen LogP contribution is 2.42. The van der Waals surface area contributed by atoms with E-state index in [1.165, 1.54) is 74.2 Å². The van der Waals surface area contributed by atoms with Gasteiger partial charge in [0.1, 0.15) is 28.6 Å². The number of urea groups is 1. The Morgan fingerprint density at radius 2 is 0.630 bits per heavy atom. The number of pyridine rings is 4. The third-order valence-electron chi connectivity index (χ3n) is 22.6. The molecule has 4 saturated heterocycles. The first-order valence-corrected chi connectivity index (χ1v) is 43.5. The van der Waals surface area contributed by atoms with E-state index in [-0.39, 0.29) is 88.3 Å². The lowest BCUT2D eigenvalue weighted by molar-refractivity contribution is -0.0692. The zero-order chi connectivity index (χ0) is 96.1. The molecule has 8 aromatic heterocycles. The molecule has 19 rings (SSSR count). The average Bonchev–Trinajstić information content (AvgIpc) is 1.65. The number of aromatic nitrogens is 12. The van der Waals surface area contributed by atoms with Crippen LogP contribution in [-0.2, 0) is 39.3 Å². The number of ether oxygens (including phenoxy) is 4. The number of anilines is 13. The number of amides is 6. The number of halogens is 7. The van der Waals surface area contributed by atoms with Crippen LogP contribution in [0.4, 0.5) is 111 Å². The van der Waals surface area contributed by atoms with Crippen molar-refractivity contribution in [2.24, 2.45) is 0 Å². The number of piperazine rings is 4. The lowest BCUT2D eigenvalue weighted by atomic mass is 10.1. The number of alkyl halides is 6. The minimum atomic E-state index is -3.21. The Labute approximate surface area is 783 Å². The molecule has 0 saturated carbocycles. The van der Waals surface area contributed by atoms with E-state index in [4.69, 9.17) is 4.74 Å². The zero-order valence-electron chi connectivity index (χ0n) is 73.8. The molecule has 0 aliphatic carbocycles. The fraction of sp³-hybridized carbons (Fsp3) is 0.286. The second-order valence-electron chi connectivity index (χ2n) is 31.5. The van der Waals surface area contributed by atoms with E-state index >= 15 is 0 Å². The van der Waals surface area contributed by atoms with Crippen molar-refractivity contribution in [2.75, 3.05) is 178 Å². The maximum Gasteiger partial charge on any atom is 0.387 e. The van der Waals surface area contributed by atoms with E-state index < -0.39 is 55.0 Å². The highest BCUT2D eigenvalue weighted by molar-refractivity contribution is 6.07. The molecular formula is C91H92F7N29O11. The maximum absolute atomic E-state index is 13.7. The Hall–Kier alpha value is -16.3. The van der Waals surface area contributed by atoms with Gasteiger partial charge in [-0.1, -0.05) is 12.1 Å². The molecule has 4 fully saturated rings. The molecular weight excluding hydrogens is 1810 g/mol. The Morgan fingerprint density at radius 1 is 0.341 bits per heavy atom. The van der Waals surface area contributed by atoms with Gasteiger partial charge in [0.05, 0.1) is 83.1 Å². The third-order valence-corrected chi connectivity index (χ3v) is 22.6.